The van der Waals surface area contributed by atoms with Gasteiger partial charge in [-0.1, -0.05) is 34.7 Å². The monoisotopic (exact) mass is 545 g/mol. The van der Waals surface area contributed by atoms with Crippen LogP contribution in [0.25, 0.3) is 32.8 Å². The highest BCUT2D eigenvalue weighted by Gasteiger charge is 2.18. The standard InChI is InChI=1S/C29H27N3O6S/c1-16-6-9-26-21(10-16)30-29(39-26)31-27(33)15-37-22-11-18(8-7-17(22)2)23-14-20(32-38-23)19-12-24(34-3)28(36-5)25(13-19)35-4/h6-14H,15H2,1-5H3,(H,30,31,33). The summed E-state index contributed by atoms with van der Waals surface area (Å²) in [5, 5.41) is 7.59. The predicted octanol–water partition coefficient (Wildman–Crippen LogP) is 6.28. The van der Waals surface area contributed by atoms with Crippen molar-refractivity contribution in [1.29, 1.82) is 0 Å². The molecule has 3 aromatic carbocycles. The molecule has 5 aromatic rings. The number of aromatic nitrogens is 2. The first kappa shape index (κ1) is 26.1. The molecule has 0 saturated carbocycles. The van der Waals surface area contributed by atoms with Gasteiger partial charge in [-0.05, 0) is 55.3 Å². The van der Waals surface area contributed by atoms with E-state index in [-0.39, 0.29) is 12.5 Å². The van der Waals surface area contributed by atoms with Gasteiger partial charge >= 0.3 is 0 Å². The first-order valence-electron chi connectivity index (χ1n) is 12.1. The maximum atomic E-state index is 12.6. The van der Waals surface area contributed by atoms with Crippen molar-refractivity contribution in [2.24, 2.45) is 0 Å². The van der Waals surface area contributed by atoms with E-state index in [4.69, 9.17) is 23.5 Å². The van der Waals surface area contributed by atoms with E-state index in [0.29, 0.717) is 39.6 Å². The molecule has 0 radical (unpaired) electrons. The van der Waals surface area contributed by atoms with Crippen LogP contribution in [0.4, 0.5) is 5.13 Å². The molecular formula is C29H27N3O6S. The molecule has 0 unspecified atom stereocenters. The number of carbonyl (C=O) groups is 1. The second-order valence-electron chi connectivity index (χ2n) is 8.80. The summed E-state index contributed by atoms with van der Waals surface area (Å²) in [5.41, 5.74) is 4.95. The summed E-state index contributed by atoms with van der Waals surface area (Å²) in [6, 6.07) is 17.1. The summed E-state index contributed by atoms with van der Waals surface area (Å²) in [7, 11) is 4.67. The highest BCUT2D eigenvalue weighted by molar-refractivity contribution is 7.22. The Morgan fingerprint density at radius 3 is 2.36 bits per heavy atom. The van der Waals surface area contributed by atoms with Crippen LogP contribution in [0.1, 0.15) is 11.1 Å². The number of amides is 1. The second kappa shape index (κ2) is 11.0. The van der Waals surface area contributed by atoms with Crippen molar-refractivity contribution in [3.63, 3.8) is 0 Å². The Labute approximate surface area is 229 Å². The lowest BCUT2D eigenvalue weighted by Gasteiger charge is -2.13. The number of fused-ring (bicyclic) bond motifs is 1. The summed E-state index contributed by atoms with van der Waals surface area (Å²) in [6.07, 6.45) is 0. The number of thiazole rings is 1. The van der Waals surface area contributed by atoms with Crippen LogP contribution in [0.2, 0.25) is 0 Å². The average molecular weight is 546 g/mol. The zero-order chi connectivity index (χ0) is 27.5. The fraction of sp³-hybridized carbons (Fsp3) is 0.207. The molecule has 0 spiro atoms. The zero-order valence-electron chi connectivity index (χ0n) is 22.2. The second-order valence-corrected chi connectivity index (χ2v) is 9.83. The van der Waals surface area contributed by atoms with Gasteiger partial charge in [0.25, 0.3) is 5.91 Å². The van der Waals surface area contributed by atoms with Crippen molar-refractivity contribution in [3.8, 4) is 45.6 Å². The number of nitrogens with zero attached hydrogens (tertiary/aromatic N) is 2. The van der Waals surface area contributed by atoms with E-state index < -0.39 is 0 Å². The molecule has 1 N–H and O–H groups in total. The molecule has 0 aliphatic rings. The number of hydrogen-bond acceptors (Lipinski definition) is 9. The lowest BCUT2D eigenvalue weighted by Crippen LogP contribution is -2.20. The van der Waals surface area contributed by atoms with Gasteiger partial charge in [-0.25, -0.2) is 4.98 Å². The van der Waals surface area contributed by atoms with Gasteiger partial charge in [0.15, 0.2) is 29.0 Å². The minimum Gasteiger partial charge on any atom is -0.493 e. The van der Waals surface area contributed by atoms with Gasteiger partial charge < -0.3 is 23.5 Å². The SMILES string of the molecule is COc1cc(-c2cc(-c3ccc(C)c(OCC(=O)Nc4nc5cc(C)ccc5s4)c3)on2)cc(OC)c1OC. The molecule has 0 atom stereocenters. The van der Waals surface area contributed by atoms with Crippen molar-refractivity contribution in [2.75, 3.05) is 33.3 Å². The van der Waals surface area contributed by atoms with E-state index in [0.717, 1.165) is 32.5 Å². The minimum atomic E-state index is -0.292. The Morgan fingerprint density at radius 2 is 1.64 bits per heavy atom. The number of aryl methyl sites for hydroxylation is 2. The van der Waals surface area contributed by atoms with Gasteiger partial charge in [0.05, 0.1) is 31.5 Å². The Hall–Kier alpha value is -4.57. The Balaban J connectivity index is 1.31. The molecule has 5 rings (SSSR count). The van der Waals surface area contributed by atoms with E-state index >= 15 is 0 Å². The lowest BCUT2D eigenvalue weighted by molar-refractivity contribution is -0.118. The molecule has 2 aromatic heterocycles. The molecule has 0 bridgehead atoms. The van der Waals surface area contributed by atoms with Gasteiger partial charge in [0.2, 0.25) is 5.75 Å². The van der Waals surface area contributed by atoms with Gasteiger partial charge in [-0.3, -0.25) is 10.1 Å². The molecule has 0 aliphatic carbocycles. The summed E-state index contributed by atoms with van der Waals surface area (Å²) in [4.78, 5) is 17.1. The third-order valence-electron chi connectivity index (χ3n) is 6.09. The average Bonchev–Trinajstić information content (AvgIpc) is 3.58. The fourth-order valence-corrected chi connectivity index (χ4v) is 4.94. The zero-order valence-corrected chi connectivity index (χ0v) is 23.0. The van der Waals surface area contributed by atoms with Crippen LogP contribution in [0.5, 0.6) is 23.0 Å². The Bertz CT molecular complexity index is 1630. The Kier molecular flexibility index (Phi) is 7.38. The van der Waals surface area contributed by atoms with Crippen LogP contribution in [-0.4, -0.2) is 44.0 Å². The van der Waals surface area contributed by atoms with Crippen molar-refractivity contribution in [3.05, 3.63) is 65.7 Å². The van der Waals surface area contributed by atoms with E-state index in [1.807, 2.05) is 56.3 Å². The third kappa shape index (κ3) is 5.51. The molecule has 0 saturated heterocycles. The third-order valence-corrected chi connectivity index (χ3v) is 7.04. The van der Waals surface area contributed by atoms with Gasteiger partial charge in [-0.2, -0.15) is 0 Å². The highest BCUT2D eigenvalue weighted by atomic mass is 32.1. The summed E-state index contributed by atoms with van der Waals surface area (Å²) in [5.74, 6) is 2.34. The highest BCUT2D eigenvalue weighted by Crippen LogP contribution is 2.41. The number of anilines is 1. The van der Waals surface area contributed by atoms with Gasteiger partial charge in [0, 0.05) is 17.2 Å². The van der Waals surface area contributed by atoms with Crippen molar-refractivity contribution < 1.29 is 28.3 Å². The van der Waals surface area contributed by atoms with Crippen LogP contribution < -0.4 is 24.3 Å². The number of ether oxygens (including phenoxy) is 4. The summed E-state index contributed by atoms with van der Waals surface area (Å²) >= 11 is 1.43. The Morgan fingerprint density at radius 1 is 0.897 bits per heavy atom. The van der Waals surface area contributed by atoms with E-state index in [1.165, 1.54) is 11.3 Å². The lowest BCUT2D eigenvalue weighted by atomic mass is 10.1. The van der Waals surface area contributed by atoms with Crippen LogP contribution in [0.15, 0.2) is 59.1 Å². The summed E-state index contributed by atoms with van der Waals surface area (Å²) in [6.45, 7) is 3.76. The molecule has 10 heteroatoms. The number of carbonyl (C=O) groups excluding carboxylic acids is 1. The summed E-state index contributed by atoms with van der Waals surface area (Å²) < 4.78 is 28.8. The predicted molar refractivity (Wildman–Crippen MR) is 150 cm³/mol. The smallest absolute Gasteiger partial charge is 0.264 e. The number of nitrogens with one attached hydrogen (secondary N) is 1. The van der Waals surface area contributed by atoms with Crippen molar-refractivity contribution in [1.82, 2.24) is 10.1 Å². The maximum absolute atomic E-state index is 12.6. The molecule has 9 nitrogen and oxygen atoms in total. The molecule has 1 amide bonds. The van der Waals surface area contributed by atoms with Crippen LogP contribution in [-0.2, 0) is 4.79 Å². The fourth-order valence-electron chi connectivity index (χ4n) is 4.07. The largest absolute Gasteiger partial charge is 0.493 e. The van der Waals surface area contributed by atoms with Crippen LogP contribution >= 0.6 is 11.3 Å². The number of methoxy groups -OCH3 is 3. The molecule has 39 heavy (non-hydrogen) atoms. The molecule has 0 aliphatic heterocycles. The van der Waals surface area contributed by atoms with Crippen LogP contribution in [0, 0.1) is 13.8 Å². The number of benzene rings is 3. The molecule has 0 fully saturated rings. The van der Waals surface area contributed by atoms with Gasteiger partial charge in [-0.15, -0.1) is 0 Å². The molecular weight excluding hydrogens is 518 g/mol. The van der Waals surface area contributed by atoms with Crippen LogP contribution in [0.3, 0.4) is 0 Å². The normalized spacial score (nSPS) is 10.9. The topological polar surface area (TPSA) is 105 Å². The van der Waals surface area contributed by atoms with Gasteiger partial charge in [0.1, 0.15) is 11.4 Å². The maximum Gasteiger partial charge on any atom is 0.264 e. The van der Waals surface area contributed by atoms with E-state index in [2.05, 4.69) is 15.5 Å². The van der Waals surface area contributed by atoms with E-state index in [9.17, 15) is 4.79 Å². The number of hydrogen-bond donors (Lipinski definition) is 1. The minimum absolute atomic E-state index is 0.160. The quantitative estimate of drug-likeness (QED) is 0.231. The number of rotatable bonds is 9. The van der Waals surface area contributed by atoms with Crippen molar-refractivity contribution in [2.45, 2.75) is 13.8 Å². The first-order chi connectivity index (χ1) is 18.9. The molecule has 200 valence electrons. The van der Waals surface area contributed by atoms with Crippen molar-refractivity contribution >= 4 is 32.6 Å². The van der Waals surface area contributed by atoms with E-state index in [1.54, 1.807) is 33.5 Å². The molecule has 2 heterocycles. The first-order valence-corrected chi connectivity index (χ1v) is 12.9.